The van der Waals surface area contributed by atoms with E-state index < -0.39 is 0 Å². The Balaban J connectivity index is 0.00000180. The Labute approximate surface area is 129 Å². The number of hydrogen-bond donors (Lipinski definition) is 2. The second kappa shape index (κ2) is 7.95. The molecule has 1 atom stereocenters. The van der Waals surface area contributed by atoms with Crippen LogP contribution in [0.25, 0.3) is 0 Å². The Morgan fingerprint density at radius 3 is 2.79 bits per heavy atom. The van der Waals surface area contributed by atoms with E-state index in [0.29, 0.717) is 29.1 Å². The van der Waals surface area contributed by atoms with E-state index in [-0.39, 0.29) is 18.3 Å². The Kier molecular flexibility index (Phi) is 6.94. The summed E-state index contributed by atoms with van der Waals surface area (Å²) in [7, 11) is 0. The van der Waals surface area contributed by atoms with E-state index in [0.717, 1.165) is 18.5 Å². The van der Waals surface area contributed by atoms with Crippen LogP contribution >= 0.6 is 35.6 Å². The molecule has 0 radical (unpaired) electrons. The first kappa shape index (κ1) is 16.6. The summed E-state index contributed by atoms with van der Waals surface area (Å²) in [6.07, 6.45) is 2.66. The number of benzene rings is 1. The van der Waals surface area contributed by atoms with Crippen molar-refractivity contribution in [2.75, 3.05) is 13.1 Å². The number of carbonyl (C=O) groups is 1. The second-order valence-electron chi connectivity index (χ2n) is 4.52. The minimum Gasteiger partial charge on any atom is -0.354 e. The molecule has 1 aliphatic heterocycles. The lowest BCUT2D eigenvalue weighted by Crippen LogP contribution is -2.37. The Hall–Kier alpha value is -0.480. The van der Waals surface area contributed by atoms with Gasteiger partial charge in [-0.2, -0.15) is 0 Å². The molecule has 1 amide bonds. The van der Waals surface area contributed by atoms with Crippen LogP contribution in [-0.4, -0.2) is 25.0 Å². The zero-order chi connectivity index (χ0) is 13.0. The molecule has 1 fully saturated rings. The fourth-order valence-electron chi connectivity index (χ4n) is 2.07. The lowest BCUT2D eigenvalue weighted by atomic mass is 10.1. The molecule has 19 heavy (non-hydrogen) atoms. The zero-order valence-electron chi connectivity index (χ0n) is 10.4. The number of carbonyl (C=O) groups excluding carboxylic acids is 1. The maximum absolute atomic E-state index is 11.8. The molecule has 2 rings (SSSR count). The summed E-state index contributed by atoms with van der Waals surface area (Å²) < 4.78 is 0. The first-order valence-corrected chi connectivity index (χ1v) is 6.85. The van der Waals surface area contributed by atoms with Gasteiger partial charge in [0, 0.05) is 12.6 Å². The minimum absolute atomic E-state index is 0. The SMILES string of the molecule is Cl.O=C(Cc1ccc(Cl)c(Cl)c1)NCC1CCCN1. The van der Waals surface area contributed by atoms with Gasteiger partial charge in [0.1, 0.15) is 0 Å². The smallest absolute Gasteiger partial charge is 0.224 e. The highest BCUT2D eigenvalue weighted by atomic mass is 35.5. The van der Waals surface area contributed by atoms with Gasteiger partial charge in [-0.05, 0) is 37.1 Å². The summed E-state index contributed by atoms with van der Waals surface area (Å²) in [5, 5.41) is 7.26. The van der Waals surface area contributed by atoms with Crippen molar-refractivity contribution in [1.82, 2.24) is 10.6 Å². The molecule has 0 bridgehead atoms. The van der Waals surface area contributed by atoms with Crippen LogP contribution in [0.5, 0.6) is 0 Å². The van der Waals surface area contributed by atoms with Crippen LogP contribution in [-0.2, 0) is 11.2 Å². The van der Waals surface area contributed by atoms with E-state index in [9.17, 15) is 4.79 Å². The van der Waals surface area contributed by atoms with Gasteiger partial charge < -0.3 is 10.6 Å². The quantitative estimate of drug-likeness (QED) is 0.894. The maximum atomic E-state index is 11.8. The van der Waals surface area contributed by atoms with Crippen LogP contribution in [0.15, 0.2) is 18.2 Å². The third-order valence-corrected chi connectivity index (χ3v) is 3.80. The molecular weight excluding hydrogens is 307 g/mol. The molecule has 106 valence electrons. The number of halogens is 3. The first-order chi connectivity index (χ1) is 8.65. The van der Waals surface area contributed by atoms with E-state index >= 15 is 0 Å². The molecule has 1 unspecified atom stereocenters. The van der Waals surface area contributed by atoms with Crippen molar-refractivity contribution in [3.63, 3.8) is 0 Å². The molecule has 0 aliphatic carbocycles. The minimum atomic E-state index is 0. The topological polar surface area (TPSA) is 41.1 Å². The number of hydrogen-bond acceptors (Lipinski definition) is 2. The van der Waals surface area contributed by atoms with Gasteiger partial charge in [-0.1, -0.05) is 29.3 Å². The van der Waals surface area contributed by atoms with Crippen LogP contribution in [0.4, 0.5) is 0 Å². The third kappa shape index (κ3) is 5.19. The predicted molar refractivity (Wildman–Crippen MR) is 81.4 cm³/mol. The van der Waals surface area contributed by atoms with Gasteiger partial charge in [-0.3, -0.25) is 4.79 Å². The van der Waals surface area contributed by atoms with Crippen molar-refractivity contribution in [2.45, 2.75) is 25.3 Å². The lowest BCUT2D eigenvalue weighted by molar-refractivity contribution is -0.120. The molecule has 1 heterocycles. The van der Waals surface area contributed by atoms with Crippen molar-refractivity contribution in [1.29, 1.82) is 0 Å². The highest BCUT2D eigenvalue weighted by molar-refractivity contribution is 6.42. The van der Waals surface area contributed by atoms with Gasteiger partial charge in [0.2, 0.25) is 5.91 Å². The van der Waals surface area contributed by atoms with Crippen molar-refractivity contribution in [3.8, 4) is 0 Å². The second-order valence-corrected chi connectivity index (χ2v) is 5.34. The zero-order valence-corrected chi connectivity index (χ0v) is 12.7. The molecule has 1 aliphatic rings. The van der Waals surface area contributed by atoms with Crippen molar-refractivity contribution >= 4 is 41.5 Å². The summed E-state index contributed by atoms with van der Waals surface area (Å²) in [6.45, 7) is 1.74. The summed E-state index contributed by atoms with van der Waals surface area (Å²) in [6, 6.07) is 5.69. The van der Waals surface area contributed by atoms with Crippen LogP contribution in [0.2, 0.25) is 10.0 Å². The number of nitrogens with one attached hydrogen (secondary N) is 2. The van der Waals surface area contributed by atoms with Gasteiger partial charge in [0.15, 0.2) is 0 Å². The van der Waals surface area contributed by atoms with Crippen molar-refractivity contribution < 1.29 is 4.79 Å². The van der Waals surface area contributed by atoms with E-state index in [4.69, 9.17) is 23.2 Å². The maximum Gasteiger partial charge on any atom is 0.224 e. The molecule has 1 aromatic rings. The Morgan fingerprint density at radius 2 is 2.16 bits per heavy atom. The van der Waals surface area contributed by atoms with Gasteiger partial charge in [0.25, 0.3) is 0 Å². The van der Waals surface area contributed by atoms with E-state index in [1.54, 1.807) is 12.1 Å². The van der Waals surface area contributed by atoms with Gasteiger partial charge >= 0.3 is 0 Å². The summed E-state index contributed by atoms with van der Waals surface area (Å²) in [4.78, 5) is 11.8. The number of amides is 1. The molecule has 3 nitrogen and oxygen atoms in total. The average molecular weight is 324 g/mol. The molecule has 1 saturated heterocycles. The fraction of sp³-hybridized carbons (Fsp3) is 0.462. The monoisotopic (exact) mass is 322 g/mol. The van der Waals surface area contributed by atoms with Crippen LogP contribution < -0.4 is 10.6 Å². The molecular formula is C13H17Cl3N2O. The van der Waals surface area contributed by atoms with E-state index in [2.05, 4.69) is 10.6 Å². The molecule has 6 heteroatoms. The Morgan fingerprint density at radius 1 is 1.37 bits per heavy atom. The largest absolute Gasteiger partial charge is 0.354 e. The van der Waals surface area contributed by atoms with Crippen LogP contribution in [0.3, 0.4) is 0 Å². The standard InChI is InChI=1S/C13H16Cl2N2O.ClH/c14-11-4-3-9(6-12(11)15)7-13(18)17-8-10-2-1-5-16-10;/h3-4,6,10,16H,1-2,5,7-8H2,(H,17,18);1H. The number of rotatable bonds is 4. The van der Waals surface area contributed by atoms with Gasteiger partial charge in [-0.25, -0.2) is 0 Å². The first-order valence-electron chi connectivity index (χ1n) is 6.09. The highest BCUT2D eigenvalue weighted by Crippen LogP contribution is 2.22. The van der Waals surface area contributed by atoms with E-state index in [1.165, 1.54) is 6.42 Å². The summed E-state index contributed by atoms with van der Waals surface area (Å²) in [5.41, 5.74) is 0.876. The van der Waals surface area contributed by atoms with Crippen molar-refractivity contribution in [2.24, 2.45) is 0 Å². The molecule has 2 N–H and O–H groups in total. The Bertz CT molecular complexity index is 434. The van der Waals surface area contributed by atoms with Crippen molar-refractivity contribution in [3.05, 3.63) is 33.8 Å². The molecule has 0 aromatic heterocycles. The normalized spacial score (nSPS) is 17.9. The third-order valence-electron chi connectivity index (χ3n) is 3.06. The highest BCUT2D eigenvalue weighted by Gasteiger charge is 2.14. The van der Waals surface area contributed by atoms with Gasteiger partial charge in [-0.15, -0.1) is 12.4 Å². The summed E-state index contributed by atoms with van der Waals surface area (Å²) >= 11 is 11.7. The lowest BCUT2D eigenvalue weighted by Gasteiger charge is -2.11. The van der Waals surface area contributed by atoms with Crippen LogP contribution in [0.1, 0.15) is 18.4 Å². The predicted octanol–water partition coefficient (Wildman–Crippen LogP) is 2.83. The van der Waals surface area contributed by atoms with E-state index in [1.807, 2.05) is 6.07 Å². The van der Waals surface area contributed by atoms with Crippen LogP contribution in [0, 0.1) is 0 Å². The average Bonchev–Trinajstić information content (AvgIpc) is 2.84. The molecule has 0 saturated carbocycles. The molecule has 0 spiro atoms. The summed E-state index contributed by atoms with van der Waals surface area (Å²) in [5.74, 6) is 0.0158. The molecule has 1 aromatic carbocycles. The van der Waals surface area contributed by atoms with Gasteiger partial charge in [0.05, 0.1) is 16.5 Å². The fourth-order valence-corrected chi connectivity index (χ4v) is 2.39.